The van der Waals surface area contributed by atoms with Gasteiger partial charge >= 0.3 is 0 Å². The average Bonchev–Trinajstić information content (AvgIpc) is 2.97. The fourth-order valence-corrected chi connectivity index (χ4v) is 3.76. The van der Waals surface area contributed by atoms with Crippen molar-refractivity contribution in [3.8, 4) is 0 Å². The molecule has 0 heterocycles. The van der Waals surface area contributed by atoms with Crippen molar-refractivity contribution in [3.05, 3.63) is 33.8 Å². The third-order valence-corrected chi connectivity index (χ3v) is 4.83. The number of halogens is 1. The Bertz CT molecular complexity index is 435. The molecule has 1 N–H and O–H groups in total. The van der Waals surface area contributed by atoms with Crippen molar-refractivity contribution in [2.24, 2.45) is 0 Å². The molecule has 0 amide bonds. The smallest absolute Gasteiger partial charge is 0.0586 e. The van der Waals surface area contributed by atoms with E-state index in [1.807, 2.05) is 7.11 Å². The molecule has 0 aliphatic heterocycles. The zero-order chi connectivity index (χ0) is 12.5. The monoisotopic (exact) mass is 309 g/mol. The van der Waals surface area contributed by atoms with Gasteiger partial charge in [0.05, 0.1) is 6.10 Å². The van der Waals surface area contributed by atoms with E-state index < -0.39 is 0 Å². The summed E-state index contributed by atoms with van der Waals surface area (Å²) in [5, 5.41) is 3.82. The van der Waals surface area contributed by atoms with Crippen LogP contribution in [0.5, 0.6) is 0 Å². The first-order valence-corrected chi connectivity index (χ1v) is 7.62. The zero-order valence-electron chi connectivity index (χ0n) is 10.8. The predicted molar refractivity (Wildman–Crippen MR) is 76.8 cm³/mol. The number of methoxy groups -OCH3 is 1. The molecular formula is C15H20BrNO. The summed E-state index contributed by atoms with van der Waals surface area (Å²) in [6, 6.07) is 7.88. The molecule has 0 aromatic heterocycles. The number of hydrogen-bond acceptors (Lipinski definition) is 2. The maximum atomic E-state index is 5.44. The van der Waals surface area contributed by atoms with Crippen LogP contribution in [0.2, 0.25) is 0 Å². The first-order chi connectivity index (χ1) is 8.76. The van der Waals surface area contributed by atoms with Gasteiger partial charge in [0.1, 0.15) is 0 Å². The molecule has 3 atom stereocenters. The largest absolute Gasteiger partial charge is 0.381 e. The van der Waals surface area contributed by atoms with Crippen molar-refractivity contribution in [3.63, 3.8) is 0 Å². The predicted octanol–water partition coefficient (Wildman–Crippen LogP) is 3.59. The number of aryl methyl sites for hydroxylation is 1. The minimum atomic E-state index is 0.466. The molecule has 0 bridgehead atoms. The van der Waals surface area contributed by atoms with Gasteiger partial charge in [-0.2, -0.15) is 0 Å². The van der Waals surface area contributed by atoms with Crippen LogP contribution in [0, 0.1) is 0 Å². The van der Waals surface area contributed by atoms with E-state index in [2.05, 4.69) is 39.4 Å². The van der Waals surface area contributed by atoms with Crippen LogP contribution in [0.15, 0.2) is 22.7 Å². The van der Waals surface area contributed by atoms with E-state index in [-0.39, 0.29) is 0 Å². The number of hydrogen-bond donors (Lipinski definition) is 1. The summed E-state index contributed by atoms with van der Waals surface area (Å²) in [6.45, 7) is 0. The molecule has 1 aromatic carbocycles. The van der Waals surface area contributed by atoms with E-state index in [9.17, 15) is 0 Å². The van der Waals surface area contributed by atoms with Crippen LogP contribution in [0.4, 0.5) is 0 Å². The summed E-state index contributed by atoms with van der Waals surface area (Å²) in [5.41, 5.74) is 3.00. The lowest BCUT2D eigenvalue weighted by Crippen LogP contribution is -2.30. The third kappa shape index (κ3) is 2.49. The van der Waals surface area contributed by atoms with E-state index >= 15 is 0 Å². The van der Waals surface area contributed by atoms with Crippen molar-refractivity contribution >= 4 is 15.9 Å². The van der Waals surface area contributed by atoms with Gasteiger partial charge in [-0.3, -0.25) is 0 Å². The Hall–Kier alpha value is -0.380. The first kappa shape index (κ1) is 12.6. The number of benzene rings is 1. The molecule has 0 spiro atoms. The highest BCUT2D eigenvalue weighted by Crippen LogP contribution is 2.34. The molecule has 1 fully saturated rings. The van der Waals surface area contributed by atoms with E-state index in [1.54, 1.807) is 0 Å². The van der Waals surface area contributed by atoms with E-state index in [0.717, 1.165) is 0 Å². The van der Waals surface area contributed by atoms with Crippen molar-refractivity contribution < 1.29 is 4.74 Å². The highest BCUT2D eigenvalue weighted by Gasteiger charge is 2.29. The molecule has 0 radical (unpaired) electrons. The minimum absolute atomic E-state index is 0.466. The summed E-state index contributed by atoms with van der Waals surface area (Å²) in [7, 11) is 1.83. The maximum absolute atomic E-state index is 5.44. The van der Waals surface area contributed by atoms with Gasteiger partial charge in [0.2, 0.25) is 0 Å². The van der Waals surface area contributed by atoms with Crippen LogP contribution in [0.25, 0.3) is 0 Å². The molecule has 3 unspecified atom stereocenters. The lowest BCUT2D eigenvalue weighted by molar-refractivity contribution is 0.106. The van der Waals surface area contributed by atoms with Gasteiger partial charge < -0.3 is 10.1 Å². The maximum Gasteiger partial charge on any atom is 0.0586 e. The van der Waals surface area contributed by atoms with E-state index in [0.29, 0.717) is 18.2 Å². The standard InChI is InChI=1S/C15H20BrNO/c1-18-13-5-4-12(9-13)17-15-7-2-10-8-11(16)3-6-14(10)15/h3,6,8,12-13,15,17H,2,4-5,7,9H2,1H3. The Kier molecular flexibility index (Phi) is 3.73. The van der Waals surface area contributed by atoms with Crippen LogP contribution in [-0.4, -0.2) is 19.3 Å². The van der Waals surface area contributed by atoms with Crippen LogP contribution in [-0.2, 0) is 11.2 Å². The third-order valence-electron chi connectivity index (χ3n) is 4.34. The second kappa shape index (κ2) is 5.32. The van der Waals surface area contributed by atoms with Crippen molar-refractivity contribution in [2.75, 3.05) is 7.11 Å². The highest BCUT2D eigenvalue weighted by atomic mass is 79.9. The van der Waals surface area contributed by atoms with E-state index in [1.165, 1.54) is 47.7 Å². The summed E-state index contributed by atoms with van der Waals surface area (Å²) in [5.74, 6) is 0. The minimum Gasteiger partial charge on any atom is -0.381 e. The Morgan fingerprint density at radius 3 is 2.94 bits per heavy atom. The van der Waals surface area contributed by atoms with Crippen molar-refractivity contribution in [1.82, 2.24) is 5.32 Å². The van der Waals surface area contributed by atoms with Crippen LogP contribution in [0.1, 0.15) is 42.9 Å². The second-order valence-electron chi connectivity index (χ2n) is 5.47. The Labute approximate surface area is 117 Å². The summed E-state index contributed by atoms with van der Waals surface area (Å²) >= 11 is 3.55. The SMILES string of the molecule is COC1CCC(NC2CCc3cc(Br)ccc32)C1. The van der Waals surface area contributed by atoms with E-state index in [4.69, 9.17) is 4.74 Å². The van der Waals surface area contributed by atoms with Gasteiger partial charge in [-0.15, -0.1) is 0 Å². The van der Waals surface area contributed by atoms with Gasteiger partial charge in [-0.25, -0.2) is 0 Å². The summed E-state index contributed by atoms with van der Waals surface area (Å²) < 4.78 is 6.64. The Morgan fingerprint density at radius 2 is 2.17 bits per heavy atom. The second-order valence-corrected chi connectivity index (χ2v) is 6.38. The summed E-state index contributed by atoms with van der Waals surface area (Å²) in [6.07, 6.45) is 6.52. The molecule has 3 rings (SSSR count). The normalized spacial score (nSPS) is 30.7. The van der Waals surface area contributed by atoms with Crippen LogP contribution < -0.4 is 5.32 Å². The van der Waals surface area contributed by atoms with Crippen LogP contribution in [0.3, 0.4) is 0 Å². The molecule has 1 aromatic rings. The molecule has 0 saturated heterocycles. The number of nitrogens with one attached hydrogen (secondary N) is 1. The molecule has 98 valence electrons. The topological polar surface area (TPSA) is 21.3 Å². The fourth-order valence-electron chi connectivity index (χ4n) is 3.35. The first-order valence-electron chi connectivity index (χ1n) is 6.83. The molecular weight excluding hydrogens is 290 g/mol. The summed E-state index contributed by atoms with van der Waals surface area (Å²) in [4.78, 5) is 0. The van der Waals surface area contributed by atoms with Gasteiger partial charge in [0.15, 0.2) is 0 Å². The number of fused-ring (bicyclic) bond motifs is 1. The van der Waals surface area contributed by atoms with Crippen molar-refractivity contribution in [2.45, 2.75) is 50.3 Å². The lowest BCUT2D eigenvalue weighted by Gasteiger charge is -2.20. The van der Waals surface area contributed by atoms with Gasteiger partial charge in [-0.05, 0) is 55.4 Å². The highest BCUT2D eigenvalue weighted by molar-refractivity contribution is 9.10. The Morgan fingerprint density at radius 1 is 1.28 bits per heavy atom. The van der Waals surface area contributed by atoms with Crippen LogP contribution >= 0.6 is 15.9 Å². The molecule has 2 aliphatic carbocycles. The zero-order valence-corrected chi connectivity index (χ0v) is 12.4. The molecule has 2 aliphatic rings. The van der Waals surface area contributed by atoms with Crippen molar-refractivity contribution in [1.29, 1.82) is 0 Å². The Balaban J connectivity index is 1.66. The van der Waals surface area contributed by atoms with Gasteiger partial charge in [0, 0.05) is 23.7 Å². The average molecular weight is 310 g/mol. The lowest BCUT2D eigenvalue weighted by atomic mass is 10.1. The number of ether oxygens (including phenoxy) is 1. The molecule has 1 saturated carbocycles. The molecule has 3 heteroatoms. The molecule has 2 nitrogen and oxygen atoms in total. The molecule has 18 heavy (non-hydrogen) atoms. The fraction of sp³-hybridized carbons (Fsp3) is 0.600. The van der Waals surface area contributed by atoms with Gasteiger partial charge in [-0.1, -0.05) is 22.0 Å². The number of rotatable bonds is 3. The van der Waals surface area contributed by atoms with Gasteiger partial charge in [0.25, 0.3) is 0 Å². The quantitative estimate of drug-likeness (QED) is 0.921.